The molecule has 0 saturated carbocycles. The van der Waals surface area contributed by atoms with Gasteiger partial charge in [0, 0.05) is 27.7 Å². The van der Waals surface area contributed by atoms with Gasteiger partial charge in [-0.3, -0.25) is 19.2 Å². The number of carbonyl (C=O) groups excluding carboxylic acids is 4. The Bertz CT molecular complexity index is 540. The molecule has 0 aromatic heterocycles. The summed E-state index contributed by atoms with van der Waals surface area (Å²) in [5.74, 6) is -1.36. The van der Waals surface area contributed by atoms with Gasteiger partial charge in [0.2, 0.25) is 5.91 Å². The van der Waals surface area contributed by atoms with Crippen molar-refractivity contribution >= 4 is 35.6 Å². The molecule has 10 heteroatoms. The molecule has 1 saturated heterocycles. The molecule has 0 radical (unpaired) electrons. The number of rotatable bonds is 8. The Hall–Kier alpha value is -1.81. The van der Waals surface area contributed by atoms with Gasteiger partial charge in [0.25, 0.3) is 0 Å². The van der Waals surface area contributed by atoms with Crippen molar-refractivity contribution in [1.82, 2.24) is 5.32 Å². The lowest BCUT2D eigenvalue weighted by molar-refractivity contribution is -0.173. The number of hydrogen-bond donors (Lipinski definition) is 1. The molecular formula is C16H25NO8S. The number of nitrogens with one attached hydrogen (secondary N) is 1. The quantitative estimate of drug-likeness (QED) is 0.463. The van der Waals surface area contributed by atoms with Gasteiger partial charge in [0.15, 0.2) is 12.2 Å². The van der Waals surface area contributed by atoms with Gasteiger partial charge in [-0.1, -0.05) is 6.92 Å². The van der Waals surface area contributed by atoms with E-state index in [1.165, 1.54) is 39.5 Å². The molecule has 0 aromatic carbocycles. The molecule has 9 nitrogen and oxygen atoms in total. The van der Waals surface area contributed by atoms with Gasteiger partial charge in [-0.15, -0.1) is 11.8 Å². The van der Waals surface area contributed by atoms with Gasteiger partial charge >= 0.3 is 17.9 Å². The molecule has 5 unspecified atom stereocenters. The van der Waals surface area contributed by atoms with Gasteiger partial charge in [0.1, 0.15) is 24.2 Å². The van der Waals surface area contributed by atoms with E-state index in [0.29, 0.717) is 5.75 Å². The maximum absolute atomic E-state index is 11.6. The second-order valence-corrected chi connectivity index (χ2v) is 7.05. The molecule has 1 heterocycles. The topological polar surface area (TPSA) is 117 Å². The lowest BCUT2D eigenvalue weighted by Gasteiger charge is -2.28. The van der Waals surface area contributed by atoms with E-state index in [9.17, 15) is 19.2 Å². The maximum Gasteiger partial charge on any atom is 0.303 e. The Morgan fingerprint density at radius 1 is 1.08 bits per heavy atom. The number of ether oxygens (including phenoxy) is 4. The monoisotopic (exact) mass is 391 g/mol. The van der Waals surface area contributed by atoms with Crippen LogP contribution in [0.4, 0.5) is 0 Å². The summed E-state index contributed by atoms with van der Waals surface area (Å²) in [5, 5.41) is 2.72. The van der Waals surface area contributed by atoms with E-state index < -0.39 is 47.7 Å². The maximum atomic E-state index is 11.6. The summed E-state index contributed by atoms with van der Waals surface area (Å²) in [4.78, 5) is 45.7. The van der Waals surface area contributed by atoms with Crippen molar-refractivity contribution in [3.8, 4) is 0 Å². The van der Waals surface area contributed by atoms with Crippen molar-refractivity contribution in [1.29, 1.82) is 0 Å². The van der Waals surface area contributed by atoms with Gasteiger partial charge in [-0.2, -0.15) is 0 Å². The van der Waals surface area contributed by atoms with Crippen LogP contribution in [0.25, 0.3) is 0 Å². The fraction of sp³-hybridized carbons (Fsp3) is 0.750. The predicted molar refractivity (Wildman–Crippen MR) is 92.1 cm³/mol. The average Bonchev–Trinajstić information content (AvgIpc) is 2.80. The minimum absolute atomic E-state index is 0.256. The molecule has 0 spiro atoms. The number of thioether (sulfide) groups is 1. The van der Waals surface area contributed by atoms with E-state index in [-0.39, 0.29) is 12.5 Å². The van der Waals surface area contributed by atoms with E-state index in [2.05, 4.69) is 5.32 Å². The number of carbonyl (C=O) groups is 4. The summed E-state index contributed by atoms with van der Waals surface area (Å²) in [6.07, 6.45) is -2.79. The van der Waals surface area contributed by atoms with Crippen molar-refractivity contribution in [2.45, 2.75) is 64.4 Å². The van der Waals surface area contributed by atoms with Crippen LogP contribution >= 0.6 is 11.8 Å². The first-order valence-corrected chi connectivity index (χ1v) is 9.22. The van der Waals surface area contributed by atoms with E-state index >= 15 is 0 Å². The van der Waals surface area contributed by atoms with Crippen molar-refractivity contribution in [2.75, 3.05) is 12.4 Å². The molecule has 1 aliphatic rings. The van der Waals surface area contributed by atoms with Crippen LogP contribution in [-0.2, 0) is 38.1 Å². The summed E-state index contributed by atoms with van der Waals surface area (Å²) in [7, 11) is 0. The molecule has 1 aliphatic heterocycles. The molecule has 1 fully saturated rings. The summed E-state index contributed by atoms with van der Waals surface area (Å²) >= 11 is 1.41. The zero-order valence-electron chi connectivity index (χ0n) is 15.5. The zero-order chi connectivity index (χ0) is 19.9. The second kappa shape index (κ2) is 10.4. The first-order chi connectivity index (χ1) is 12.1. The third kappa shape index (κ3) is 6.83. The highest BCUT2D eigenvalue weighted by Gasteiger charge is 2.51. The second-order valence-electron chi connectivity index (χ2n) is 5.68. The Morgan fingerprint density at radius 3 is 2.19 bits per heavy atom. The van der Waals surface area contributed by atoms with Gasteiger partial charge in [-0.05, 0) is 5.75 Å². The van der Waals surface area contributed by atoms with Crippen LogP contribution in [0.3, 0.4) is 0 Å². The molecule has 1 amide bonds. The van der Waals surface area contributed by atoms with Gasteiger partial charge in [-0.25, -0.2) is 0 Å². The smallest absolute Gasteiger partial charge is 0.303 e. The van der Waals surface area contributed by atoms with E-state index in [4.69, 9.17) is 18.9 Å². The fourth-order valence-electron chi connectivity index (χ4n) is 2.61. The van der Waals surface area contributed by atoms with Crippen LogP contribution in [0.2, 0.25) is 0 Å². The summed E-state index contributed by atoms with van der Waals surface area (Å²) in [6, 6.07) is -0.637. The molecular weight excluding hydrogens is 366 g/mol. The first-order valence-electron chi connectivity index (χ1n) is 8.17. The lowest BCUT2D eigenvalue weighted by atomic mass is 10.0. The lowest BCUT2D eigenvalue weighted by Crippen LogP contribution is -2.51. The third-order valence-electron chi connectivity index (χ3n) is 3.40. The molecule has 0 aliphatic carbocycles. The van der Waals surface area contributed by atoms with Crippen molar-refractivity contribution < 1.29 is 38.1 Å². The molecule has 1 rings (SSSR count). The largest absolute Gasteiger partial charge is 0.462 e. The van der Waals surface area contributed by atoms with Crippen LogP contribution in [0.1, 0.15) is 34.6 Å². The molecule has 0 aromatic rings. The Morgan fingerprint density at radius 2 is 1.73 bits per heavy atom. The predicted octanol–water partition coefficient (Wildman–Crippen LogP) is 0.396. The van der Waals surface area contributed by atoms with Crippen molar-refractivity contribution in [3.63, 3.8) is 0 Å². The Labute approximate surface area is 156 Å². The van der Waals surface area contributed by atoms with Crippen LogP contribution < -0.4 is 5.32 Å². The number of amides is 1. The summed E-state index contributed by atoms with van der Waals surface area (Å²) < 4.78 is 21.5. The first kappa shape index (κ1) is 22.2. The fourth-order valence-corrected chi connectivity index (χ4v) is 3.57. The molecule has 148 valence electrons. The van der Waals surface area contributed by atoms with E-state index in [1.807, 2.05) is 6.92 Å². The minimum atomic E-state index is -0.987. The van der Waals surface area contributed by atoms with Crippen molar-refractivity contribution in [2.24, 2.45) is 0 Å². The van der Waals surface area contributed by atoms with E-state index in [0.717, 1.165) is 0 Å². The zero-order valence-corrected chi connectivity index (χ0v) is 16.3. The average molecular weight is 391 g/mol. The minimum Gasteiger partial charge on any atom is -0.462 e. The molecule has 5 atom stereocenters. The highest BCUT2D eigenvalue weighted by molar-refractivity contribution is 7.99. The Kier molecular flexibility index (Phi) is 8.86. The number of hydrogen-bond acceptors (Lipinski definition) is 9. The normalized spacial score (nSPS) is 25.9. The third-order valence-corrected chi connectivity index (χ3v) is 4.47. The van der Waals surface area contributed by atoms with Crippen molar-refractivity contribution in [3.05, 3.63) is 0 Å². The highest BCUT2D eigenvalue weighted by Crippen LogP contribution is 2.34. The van der Waals surface area contributed by atoms with Gasteiger partial charge < -0.3 is 24.3 Å². The van der Waals surface area contributed by atoms with Crippen LogP contribution in [-0.4, -0.2) is 66.0 Å². The molecule has 1 N–H and O–H groups in total. The molecule has 0 bridgehead atoms. The highest BCUT2D eigenvalue weighted by atomic mass is 32.2. The SMILES string of the molecule is CCSC1OC(C(COC(C)=O)OC(C)=O)C(OC(C)=O)C1NC(C)=O. The Balaban J connectivity index is 3.13. The summed E-state index contributed by atoms with van der Waals surface area (Å²) in [5.41, 5.74) is -0.520. The standard InChI is InChI=1S/C16H25NO8S/c1-6-26-16-13(17-8(2)18)15(24-11(5)21)14(25-16)12(23-10(4)20)7-22-9(3)19/h12-16H,6-7H2,1-5H3,(H,17,18). The number of esters is 3. The van der Waals surface area contributed by atoms with Gasteiger partial charge in [0.05, 0.1) is 0 Å². The van der Waals surface area contributed by atoms with Crippen LogP contribution in [0, 0.1) is 0 Å². The van der Waals surface area contributed by atoms with Crippen LogP contribution in [0.5, 0.6) is 0 Å². The van der Waals surface area contributed by atoms with Crippen LogP contribution in [0.15, 0.2) is 0 Å². The molecule has 26 heavy (non-hydrogen) atoms. The van der Waals surface area contributed by atoms with E-state index in [1.54, 1.807) is 0 Å². The summed E-state index contributed by atoms with van der Waals surface area (Å²) in [6.45, 7) is 6.66.